The van der Waals surface area contributed by atoms with E-state index in [9.17, 15) is 14.4 Å². The lowest BCUT2D eigenvalue weighted by Gasteiger charge is -2.14. The molecule has 0 spiro atoms. The van der Waals surface area contributed by atoms with Gasteiger partial charge in [0.1, 0.15) is 17.0 Å². The third-order valence-corrected chi connectivity index (χ3v) is 5.81. The number of carbonyl (C=O) groups is 3. The molecule has 1 aromatic heterocycles. The predicted molar refractivity (Wildman–Crippen MR) is 137 cm³/mol. The van der Waals surface area contributed by atoms with Crippen molar-refractivity contribution in [1.29, 1.82) is 0 Å². The number of benzene rings is 3. The van der Waals surface area contributed by atoms with Crippen LogP contribution in [0.15, 0.2) is 66.7 Å². The minimum Gasteiger partial charge on any atom is -0.494 e. The van der Waals surface area contributed by atoms with Gasteiger partial charge in [0.05, 0.1) is 7.11 Å². The Kier molecular flexibility index (Phi) is 6.95. The second-order valence-electron chi connectivity index (χ2n) is 7.59. The molecule has 0 saturated heterocycles. The lowest BCUT2D eigenvalue weighted by atomic mass is 10.2. The van der Waals surface area contributed by atoms with E-state index in [1.54, 1.807) is 66.7 Å². The van der Waals surface area contributed by atoms with Crippen LogP contribution in [0.25, 0.3) is 10.9 Å². The Balaban J connectivity index is 1.66. The molecule has 3 N–H and O–H groups in total. The lowest BCUT2D eigenvalue weighted by molar-refractivity contribution is -0.133. The van der Waals surface area contributed by atoms with Crippen molar-refractivity contribution in [3.05, 3.63) is 88.0 Å². The molecular weight excluding hydrogens is 491 g/mol. The second kappa shape index (κ2) is 10.1. The van der Waals surface area contributed by atoms with Crippen molar-refractivity contribution in [3.8, 4) is 5.75 Å². The SMILES string of the molecule is COc1cccc2cc(C(=O)Nc3cccc(Cl)c3)n(NC(=O)C(=O)Nc3ccc(C)c(Cl)c3)c12. The summed E-state index contributed by atoms with van der Waals surface area (Å²) >= 11 is 12.1. The van der Waals surface area contributed by atoms with Crippen LogP contribution in [-0.4, -0.2) is 29.5 Å². The average Bonchev–Trinajstić information content (AvgIpc) is 3.20. The van der Waals surface area contributed by atoms with Crippen LogP contribution in [0.5, 0.6) is 5.75 Å². The van der Waals surface area contributed by atoms with E-state index in [0.717, 1.165) is 5.56 Å². The Hall–Kier alpha value is -4.01. The molecular formula is C25H20Cl2N4O4. The summed E-state index contributed by atoms with van der Waals surface area (Å²) in [5, 5.41) is 6.75. The van der Waals surface area contributed by atoms with Gasteiger partial charge in [0.25, 0.3) is 5.91 Å². The number of halogens is 2. The normalized spacial score (nSPS) is 10.6. The number of carbonyl (C=O) groups excluding carboxylic acids is 3. The van der Waals surface area contributed by atoms with Crippen LogP contribution in [0.2, 0.25) is 10.0 Å². The zero-order valence-electron chi connectivity index (χ0n) is 18.7. The molecule has 8 nitrogen and oxygen atoms in total. The number of ether oxygens (including phenoxy) is 1. The Morgan fingerprint density at radius 2 is 1.60 bits per heavy atom. The van der Waals surface area contributed by atoms with Gasteiger partial charge in [0, 0.05) is 26.8 Å². The predicted octanol–water partition coefficient (Wildman–Crippen LogP) is 5.23. The number of hydrogen-bond donors (Lipinski definition) is 3. The maximum absolute atomic E-state index is 13.1. The van der Waals surface area contributed by atoms with Crippen LogP contribution in [0.3, 0.4) is 0 Å². The van der Waals surface area contributed by atoms with E-state index < -0.39 is 17.7 Å². The quantitative estimate of drug-likeness (QED) is 0.320. The third kappa shape index (κ3) is 5.24. The highest BCUT2D eigenvalue weighted by molar-refractivity contribution is 6.42. The van der Waals surface area contributed by atoms with Crippen molar-refractivity contribution >= 4 is 63.2 Å². The fourth-order valence-electron chi connectivity index (χ4n) is 3.45. The molecule has 0 saturated carbocycles. The van der Waals surface area contributed by atoms with Crippen molar-refractivity contribution in [1.82, 2.24) is 4.68 Å². The summed E-state index contributed by atoms with van der Waals surface area (Å²) in [6.07, 6.45) is 0. The molecule has 3 aromatic carbocycles. The number of anilines is 2. The highest BCUT2D eigenvalue weighted by atomic mass is 35.5. The topological polar surface area (TPSA) is 101 Å². The standard InChI is InChI=1S/C25H20Cl2N4O4/c1-14-9-10-18(13-19(14)27)29-24(33)25(34)30-31-20(11-15-5-3-8-21(35-2)22(15)31)23(32)28-17-7-4-6-16(26)12-17/h3-13H,1-2H3,(H,28,32)(H,29,33)(H,30,34). The second-order valence-corrected chi connectivity index (χ2v) is 8.43. The number of nitrogens with zero attached hydrogens (tertiary/aromatic N) is 1. The van der Waals surface area contributed by atoms with Gasteiger partial charge in [-0.3, -0.25) is 19.8 Å². The van der Waals surface area contributed by atoms with E-state index >= 15 is 0 Å². The molecule has 10 heteroatoms. The summed E-state index contributed by atoms with van der Waals surface area (Å²) in [6.45, 7) is 1.82. The van der Waals surface area contributed by atoms with Crippen LogP contribution < -0.4 is 20.8 Å². The Bertz CT molecular complexity index is 1470. The van der Waals surface area contributed by atoms with Gasteiger partial charge in [-0.2, -0.15) is 0 Å². The first-order chi connectivity index (χ1) is 16.8. The number of fused-ring (bicyclic) bond motifs is 1. The van der Waals surface area contributed by atoms with Gasteiger partial charge in [-0.15, -0.1) is 0 Å². The average molecular weight is 511 g/mol. The number of para-hydroxylation sites is 1. The zero-order chi connectivity index (χ0) is 25.1. The minimum atomic E-state index is -0.998. The molecule has 4 aromatic rings. The Morgan fingerprint density at radius 3 is 2.31 bits per heavy atom. The van der Waals surface area contributed by atoms with Crippen molar-refractivity contribution in [2.24, 2.45) is 0 Å². The summed E-state index contributed by atoms with van der Waals surface area (Å²) in [7, 11) is 1.47. The van der Waals surface area contributed by atoms with Crippen LogP contribution in [0.4, 0.5) is 11.4 Å². The molecule has 0 radical (unpaired) electrons. The van der Waals surface area contributed by atoms with E-state index in [2.05, 4.69) is 16.1 Å². The summed E-state index contributed by atoms with van der Waals surface area (Å²) in [5.74, 6) is -2.07. The molecule has 35 heavy (non-hydrogen) atoms. The number of hydrogen-bond acceptors (Lipinski definition) is 4. The number of nitrogens with one attached hydrogen (secondary N) is 3. The Labute approximate surface area is 210 Å². The Morgan fingerprint density at radius 1 is 0.857 bits per heavy atom. The third-order valence-electron chi connectivity index (χ3n) is 5.17. The highest BCUT2D eigenvalue weighted by Crippen LogP contribution is 2.29. The number of rotatable bonds is 5. The van der Waals surface area contributed by atoms with Gasteiger partial charge in [-0.05, 0) is 55.0 Å². The number of aromatic nitrogens is 1. The number of aryl methyl sites for hydroxylation is 1. The van der Waals surface area contributed by atoms with Crippen molar-refractivity contribution in [2.45, 2.75) is 6.92 Å². The molecule has 178 valence electrons. The molecule has 0 atom stereocenters. The van der Waals surface area contributed by atoms with Gasteiger partial charge in [-0.1, -0.05) is 47.5 Å². The van der Waals surface area contributed by atoms with Crippen LogP contribution >= 0.6 is 23.2 Å². The van der Waals surface area contributed by atoms with Crippen molar-refractivity contribution in [3.63, 3.8) is 0 Å². The first-order valence-corrected chi connectivity index (χ1v) is 11.2. The molecule has 4 rings (SSSR count). The largest absolute Gasteiger partial charge is 0.494 e. The van der Waals surface area contributed by atoms with Crippen LogP contribution in [-0.2, 0) is 9.59 Å². The molecule has 0 bridgehead atoms. The first kappa shape index (κ1) is 24.1. The number of amides is 3. The number of methoxy groups -OCH3 is 1. The maximum atomic E-state index is 13.1. The monoisotopic (exact) mass is 510 g/mol. The van der Waals surface area contributed by atoms with Crippen LogP contribution in [0, 0.1) is 6.92 Å². The van der Waals surface area contributed by atoms with E-state index in [1.807, 2.05) is 6.92 Å². The molecule has 0 aliphatic rings. The van der Waals surface area contributed by atoms with E-state index in [-0.39, 0.29) is 5.69 Å². The smallest absolute Gasteiger partial charge is 0.328 e. The van der Waals surface area contributed by atoms with Gasteiger partial charge in [0.15, 0.2) is 0 Å². The van der Waals surface area contributed by atoms with Gasteiger partial charge in [-0.25, -0.2) is 4.68 Å². The first-order valence-electron chi connectivity index (χ1n) is 10.4. The fraction of sp³-hybridized carbons (Fsp3) is 0.0800. The van der Waals surface area contributed by atoms with Crippen molar-refractivity contribution in [2.75, 3.05) is 23.2 Å². The summed E-state index contributed by atoms with van der Waals surface area (Å²) in [6, 6.07) is 18.3. The molecule has 0 unspecified atom stereocenters. The summed E-state index contributed by atoms with van der Waals surface area (Å²) in [4.78, 5) is 38.6. The van der Waals surface area contributed by atoms with E-state index in [0.29, 0.717) is 38.1 Å². The summed E-state index contributed by atoms with van der Waals surface area (Å²) < 4.78 is 6.64. The maximum Gasteiger partial charge on any atom is 0.328 e. The van der Waals surface area contributed by atoms with E-state index in [4.69, 9.17) is 27.9 Å². The molecule has 0 aliphatic heterocycles. The molecule has 0 fully saturated rings. The van der Waals surface area contributed by atoms with E-state index in [1.165, 1.54) is 11.8 Å². The fourth-order valence-corrected chi connectivity index (χ4v) is 3.82. The molecule has 0 aliphatic carbocycles. The highest BCUT2D eigenvalue weighted by Gasteiger charge is 2.23. The molecule has 3 amide bonds. The van der Waals surface area contributed by atoms with Crippen LogP contribution in [0.1, 0.15) is 16.1 Å². The van der Waals surface area contributed by atoms with Crippen molar-refractivity contribution < 1.29 is 19.1 Å². The van der Waals surface area contributed by atoms with Gasteiger partial charge in [0.2, 0.25) is 0 Å². The zero-order valence-corrected chi connectivity index (χ0v) is 20.2. The van der Waals surface area contributed by atoms with Gasteiger partial charge >= 0.3 is 11.8 Å². The molecule has 1 heterocycles. The minimum absolute atomic E-state index is 0.0732. The van der Waals surface area contributed by atoms with Gasteiger partial charge < -0.3 is 15.4 Å². The summed E-state index contributed by atoms with van der Waals surface area (Å²) in [5.41, 5.74) is 4.63. The lowest BCUT2D eigenvalue weighted by Crippen LogP contribution is -2.36.